The lowest BCUT2D eigenvalue weighted by atomic mass is 10.2. The molecule has 0 aliphatic heterocycles. The Morgan fingerprint density at radius 1 is 1.11 bits per heavy atom. The van der Waals surface area contributed by atoms with Gasteiger partial charge in [0.25, 0.3) is 0 Å². The first-order chi connectivity index (χ1) is 12.3. The number of methoxy groups -OCH3 is 2. The van der Waals surface area contributed by atoms with E-state index in [4.69, 9.17) is 15.2 Å². The van der Waals surface area contributed by atoms with Crippen LogP contribution in [0.3, 0.4) is 0 Å². The van der Waals surface area contributed by atoms with Crippen molar-refractivity contribution in [3.05, 3.63) is 42.5 Å². The molecule has 148 valence electrons. The van der Waals surface area contributed by atoms with Crippen LogP contribution >= 0.6 is 12.4 Å². The number of nitrogen functional groups attached to an aromatic ring is 1. The molecule has 3 N–H and O–H groups in total. The van der Waals surface area contributed by atoms with Gasteiger partial charge in [-0.15, -0.1) is 12.4 Å². The van der Waals surface area contributed by atoms with Crippen molar-refractivity contribution >= 4 is 39.5 Å². The first-order valence-corrected chi connectivity index (χ1v) is 9.53. The predicted octanol–water partition coefficient (Wildman–Crippen LogP) is 2.76. The number of rotatable bonds is 7. The van der Waals surface area contributed by atoms with Crippen molar-refractivity contribution in [2.75, 3.05) is 31.0 Å². The summed E-state index contributed by atoms with van der Waals surface area (Å²) in [4.78, 5) is 12.5. The molecule has 0 aliphatic carbocycles. The summed E-state index contributed by atoms with van der Waals surface area (Å²) in [5.74, 6) is -0.404. The molecule has 0 bridgehead atoms. The van der Waals surface area contributed by atoms with Gasteiger partial charge in [0.05, 0.1) is 30.6 Å². The molecule has 7 nitrogen and oxygen atoms in total. The fourth-order valence-electron chi connectivity index (χ4n) is 2.36. The minimum absolute atomic E-state index is 0. The lowest BCUT2D eigenvalue weighted by Crippen LogP contribution is -2.27. The van der Waals surface area contributed by atoms with Crippen molar-refractivity contribution in [1.82, 2.24) is 0 Å². The molecule has 1 atom stereocenters. The van der Waals surface area contributed by atoms with E-state index < -0.39 is 21.7 Å². The van der Waals surface area contributed by atoms with E-state index in [9.17, 15) is 13.2 Å². The van der Waals surface area contributed by atoms with Crippen LogP contribution in [0.15, 0.2) is 47.4 Å². The minimum atomic E-state index is -3.60. The van der Waals surface area contributed by atoms with Gasteiger partial charge in [-0.05, 0) is 42.5 Å². The van der Waals surface area contributed by atoms with Crippen molar-refractivity contribution < 1.29 is 22.7 Å². The average Bonchev–Trinajstić information content (AvgIpc) is 2.61. The van der Waals surface area contributed by atoms with Gasteiger partial charge in [0.15, 0.2) is 9.84 Å². The maximum atomic E-state index is 12.5. The van der Waals surface area contributed by atoms with Crippen LogP contribution in [0.25, 0.3) is 0 Å². The third-order valence-electron chi connectivity index (χ3n) is 3.83. The van der Waals surface area contributed by atoms with Crippen molar-refractivity contribution in [2.45, 2.75) is 11.8 Å². The zero-order chi connectivity index (χ0) is 19.3. The topological polar surface area (TPSA) is 108 Å². The maximum Gasteiger partial charge on any atom is 0.228 e. The van der Waals surface area contributed by atoms with Crippen LogP contribution in [0, 0.1) is 5.92 Å². The molecule has 2 aromatic carbocycles. The molecule has 0 fully saturated rings. The van der Waals surface area contributed by atoms with Gasteiger partial charge in [0.2, 0.25) is 5.91 Å². The summed E-state index contributed by atoms with van der Waals surface area (Å²) in [6, 6.07) is 10.9. The van der Waals surface area contributed by atoms with E-state index in [-0.39, 0.29) is 23.1 Å². The summed E-state index contributed by atoms with van der Waals surface area (Å²) < 4.78 is 35.0. The monoisotopic (exact) mass is 414 g/mol. The number of ether oxygens (including phenoxy) is 2. The van der Waals surface area contributed by atoms with E-state index in [1.54, 1.807) is 37.3 Å². The molecule has 0 aliphatic rings. The number of hydrogen-bond donors (Lipinski definition) is 2. The molecular formula is C18H23ClN2O5S. The van der Waals surface area contributed by atoms with Crippen molar-refractivity contribution in [3.63, 3.8) is 0 Å². The van der Waals surface area contributed by atoms with Gasteiger partial charge in [0, 0.05) is 11.6 Å². The first-order valence-electron chi connectivity index (χ1n) is 7.88. The summed E-state index contributed by atoms with van der Waals surface area (Å²) >= 11 is 0. The minimum Gasteiger partial charge on any atom is -0.497 e. The van der Waals surface area contributed by atoms with Gasteiger partial charge in [-0.1, -0.05) is 6.92 Å². The van der Waals surface area contributed by atoms with Crippen molar-refractivity contribution in [3.8, 4) is 11.5 Å². The predicted molar refractivity (Wildman–Crippen MR) is 107 cm³/mol. The van der Waals surface area contributed by atoms with Gasteiger partial charge in [0.1, 0.15) is 11.5 Å². The summed E-state index contributed by atoms with van der Waals surface area (Å²) in [6.07, 6.45) is 0. The van der Waals surface area contributed by atoms with E-state index in [1.165, 1.54) is 26.4 Å². The Morgan fingerprint density at radius 3 is 2.26 bits per heavy atom. The molecule has 27 heavy (non-hydrogen) atoms. The standard InChI is InChI=1S/C18H22N2O5S.ClH/c1-12(11-26(22,23)15-7-5-14(24-2)6-8-15)18(21)20-13-4-9-17(25-3)16(19)10-13;/h4-10,12H,11,19H2,1-3H3,(H,20,21);1H. The Hall–Kier alpha value is -2.45. The second-order valence-corrected chi connectivity index (χ2v) is 7.84. The fraction of sp³-hybridized carbons (Fsp3) is 0.278. The Morgan fingerprint density at radius 2 is 1.74 bits per heavy atom. The smallest absolute Gasteiger partial charge is 0.228 e. The third kappa shape index (κ3) is 5.77. The number of anilines is 2. The van der Waals surface area contributed by atoms with Gasteiger partial charge in [-0.2, -0.15) is 0 Å². The van der Waals surface area contributed by atoms with Crippen LogP contribution in [0.4, 0.5) is 11.4 Å². The van der Waals surface area contributed by atoms with Crippen LogP contribution < -0.4 is 20.5 Å². The molecule has 0 saturated heterocycles. The summed E-state index contributed by atoms with van der Waals surface area (Å²) in [7, 11) is -0.604. The van der Waals surface area contributed by atoms with Crippen LogP contribution in [-0.2, 0) is 14.6 Å². The van der Waals surface area contributed by atoms with Crippen LogP contribution in [0.1, 0.15) is 6.92 Å². The quantitative estimate of drug-likeness (QED) is 0.674. The van der Waals surface area contributed by atoms with Gasteiger partial charge >= 0.3 is 0 Å². The highest BCUT2D eigenvalue weighted by Crippen LogP contribution is 2.25. The number of nitrogens with two attached hydrogens (primary N) is 1. The van der Waals surface area contributed by atoms with Crippen LogP contribution in [0.2, 0.25) is 0 Å². The fourth-order valence-corrected chi connectivity index (χ4v) is 3.91. The highest BCUT2D eigenvalue weighted by Gasteiger charge is 2.23. The number of carbonyl (C=O) groups excluding carboxylic acids is 1. The normalized spacial score (nSPS) is 11.8. The molecule has 0 saturated carbocycles. The number of benzene rings is 2. The van der Waals surface area contributed by atoms with E-state index >= 15 is 0 Å². The zero-order valence-corrected chi connectivity index (χ0v) is 16.9. The molecule has 0 spiro atoms. The SMILES string of the molecule is COc1ccc(S(=O)(=O)CC(C)C(=O)Nc2ccc(OC)c(N)c2)cc1.Cl. The van der Waals surface area contributed by atoms with Gasteiger partial charge in [-0.3, -0.25) is 4.79 Å². The molecule has 0 radical (unpaired) electrons. The average molecular weight is 415 g/mol. The second kappa shape index (κ2) is 9.48. The molecule has 0 heterocycles. The third-order valence-corrected chi connectivity index (χ3v) is 5.76. The second-order valence-electron chi connectivity index (χ2n) is 5.80. The van der Waals surface area contributed by atoms with E-state index in [2.05, 4.69) is 5.32 Å². The van der Waals surface area contributed by atoms with Gasteiger partial charge < -0.3 is 20.5 Å². The van der Waals surface area contributed by atoms with Crippen LogP contribution in [0.5, 0.6) is 11.5 Å². The first kappa shape index (κ1) is 22.6. The molecule has 1 unspecified atom stereocenters. The Bertz CT molecular complexity index is 885. The summed E-state index contributed by atoms with van der Waals surface area (Å²) in [6.45, 7) is 1.56. The zero-order valence-electron chi connectivity index (χ0n) is 15.3. The maximum absolute atomic E-state index is 12.5. The molecule has 9 heteroatoms. The van der Waals surface area contributed by atoms with Crippen molar-refractivity contribution in [1.29, 1.82) is 0 Å². The summed E-state index contributed by atoms with van der Waals surface area (Å²) in [5, 5.41) is 2.67. The van der Waals surface area contributed by atoms with Crippen molar-refractivity contribution in [2.24, 2.45) is 5.92 Å². The number of carbonyl (C=O) groups is 1. The highest BCUT2D eigenvalue weighted by molar-refractivity contribution is 7.91. The largest absolute Gasteiger partial charge is 0.497 e. The number of hydrogen-bond acceptors (Lipinski definition) is 6. The van der Waals surface area contributed by atoms with E-state index in [0.29, 0.717) is 22.9 Å². The Kier molecular flexibility index (Phi) is 7.93. The number of nitrogens with one attached hydrogen (secondary N) is 1. The molecule has 1 amide bonds. The molecule has 2 rings (SSSR count). The highest BCUT2D eigenvalue weighted by atomic mass is 35.5. The molecular weight excluding hydrogens is 392 g/mol. The lowest BCUT2D eigenvalue weighted by molar-refractivity contribution is -0.118. The van der Waals surface area contributed by atoms with Crippen LogP contribution in [-0.4, -0.2) is 34.3 Å². The number of halogens is 1. The summed E-state index contributed by atoms with van der Waals surface area (Å²) in [5.41, 5.74) is 6.66. The molecule has 2 aromatic rings. The number of amides is 1. The lowest BCUT2D eigenvalue weighted by Gasteiger charge is -2.14. The van der Waals surface area contributed by atoms with E-state index in [1.807, 2.05) is 0 Å². The van der Waals surface area contributed by atoms with Gasteiger partial charge in [-0.25, -0.2) is 8.42 Å². The molecule has 0 aromatic heterocycles. The Balaban J connectivity index is 0.00000364. The Labute approximate surface area is 165 Å². The number of sulfone groups is 1. The van der Waals surface area contributed by atoms with E-state index in [0.717, 1.165) is 0 Å².